The average Bonchev–Trinajstić information content (AvgIpc) is 2.68. The van der Waals surface area contributed by atoms with Crippen LogP contribution in [0.4, 0.5) is 0 Å². The fourth-order valence-electron chi connectivity index (χ4n) is 3.72. The lowest BCUT2D eigenvalue weighted by molar-refractivity contribution is -0.0440. The first kappa shape index (κ1) is 23.2. The van der Waals surface area contributed by atoms with Gasteiger partial charge in [-0.15, -0.1) is 0 Å². The second kappa shape index (κ2) is 9.76. The third-order valence-electron chi connectivity index (χ3n) is 5.13. The molecule has 8 nitrogen and oxygen atoms in total. The minimum Gasteiger partial charge on any atom is -0.373 e. The number of ether oxygens (including phenoxy) is 1. The van der Waals surface area contributed by atoms with Crippen LogP contribution >= 0.6 is 0 Å². The molecule has 0 spiro atoms. The second-order valence-electron chi connectivity index (χ2n) is 7.99. The summed E-state index contributed by atoms with van der Waals surface area (Å²) < 4.78 is 33.6. The summed E-state index contributed by atoms with van der Waals surface area (Å²) in [5.74, 6) is -0.815. The van der Waals surface area contributed by atoms with Crippen LogP contribution in [-0.2, 0) is 21.3 Å². The Balaban J connectivity index is 1.62. The molecular weight excluding hydrogens is 418 g/mol. The molecule has 2 atom stereocenters. The van der Waals surface area contributed by atoms with Crippen LogP contribution in [-0.4, -0.2) is 60.8 Å². The van der Waals surface area contributed by atoms with Gasteiger partial charge in [0.2, 0.25) is 10.0 Å². The van der Waals surface area contributed by atoms with Crippen LogP contribution in [0.25, 0.3) is 0 Å². The van der Waals surface area contributed by atoms with Crippen LogP contribution in [0.1, 0.15) is 35.3 Å². The molecule has 0 radical (unpaired) electrons. The first-order valence-corrected chi connectivity index (χ1v) is 11.9. The SMILES string of the molecule is Cc1cccc(Cn2cccc(C(=O)NCCS(=O)(=O)N3CC(C)OC(C)C3)c2=O)c1. The number of amides is 1. The lowest BCUT2D eigenvalue weighted by atomic mass is 10.1. The molecule has 0 saturated carbocycles. The van der Waals surface area contributed by atoms with E-state index in [-0.39, 0.29) is 30.1 Å². The number of carbonyl (C=O) groups excluding carboxylic acids is 1. The number of hydrogen-bond donors (Lipinski definition) is 1. The molecule has 1 amide bonds. The van der Waals surface area contributed by atoms with Crippen molar-refractivity contribution in [2.75, 3.05) is 25.4 Å². The Morgan fingerprint density at radius 3 is 2.55 bits per heavy atom. The number of nitrogens with zero attached hydrogens (tertiary/aromatic N) is 2. The number of aryl methyl sites for hydroxylation is 1. The number of morpholine rings is 1. The molecule has 3 rings (SSSR count). The summed E-state index contributed by atoms with van der Waals surface area (Å²) in [6, 6.07) is 10.9. The van der Waals surface area contributed by atoms with E-state index in [9.17, 15) is 18.0 Å². The molecule has 9 heteroatoms. The monoisotopic (exact) mass is 447 g/mol. The van der Waals surface area contributed by atoms with E-state index in [0.29, 0.717) is 19.6 Å². The Bertz CT molecular complexity index is 1090. The van der Waals surface area contributed by atoms with Gasteiger partial charge in [0.1, 0.15) is 5.56 Å². The maximum Gasteiger partial charge on any atom is 0.263 e. The fourth-order valence-corrected chi connectivity index (χ4v) is 5.21. The smallest absolute Gasteiger partial charge is 0.263 e. The summed E-state index contributed by atoms with van der Waals surface area (Å²) in [6.45, 7) is 6.50. The molecule has 1 aromatic carbocycles. The quantitative estimate of drug-likeness (QED) is 0.692. The number of rotatable bonds is 7. The van der Waals surface area contributed by atoms with Crippen LogP contribution in [0.2, 0.25) is 0 Å². The Morgan fingerprint density at radius 1 is 1.16 bits per heavy atom. The van der Waals surface area contributed by atoms with E-state index in [1.807, 2.05) is 45.0 Å². The Kier molecular flexibility index (Phi) is 7.30. The van der Waals surface area contributed by atoms with Gasteiger partial charge in [0.05, 0.1) is 24.5 Å². The van der Waals surface area contributed by atoms with E-state index in [1.165, 1.54) is 14.9 Å². The molecule has 1 aliphatic heterocycles. The zero-order valence-electron chi connectivity index (χ0n) is 18.1. The molecule has 1 saturated heterocycles. The molecule has 2 aromatic rings. The van der Waals surface area contributed by atoms with Crippen molar-refractivity contribution in [3.05, 3.63) is 69.6 Å². The van der Waals surface area contributed by atoms with Gasteiger partial charge < -0.3 is 14.6 Å². The van der Waals surface area contributed by atoms with E-state index >= 15 is 0 Å². The predicted octanol–water partition coefficient (Wildman–Crippen LogP) is 1.37. The second-order valence-corrected chi connectivity index (χ2v) is 10.1. The van der Waals surface area contributed by atoms with Gasteiger partial charge in [-0.05, 0) is 38.5 Å². The highest BCUT2D eigenvalue weighted by Gasteiger charge is 2.30. The number of sulfonamides is 1. The van der Waals surface area contributed by atoms with E-state index < -0.39 is 21.5 Å². The average molecular weight is 448 g/mol. The maximum atomic E-state index is 12.7. The summed E-state index contributed by atoms with van der Waals surface area (Å²) >= 11 is 0. The third-order valence-corrected chi connectivity index (χ3v) is 6.93. The Morgan fingerprint density at radius 2 is 1.87 bits per heavy atom. The summed E-state index contributed by atoms with van der Waals surface area (Å²) in [7, 11) is -3.53. The van der Waals surface area contributed by atoms with Crippen molar-refractivity contribution in [3.8, 4) is 0 Å². The van der Waals surface area contributed by atoms with Gasteiger partial charge in [0.15, 0.2) is 0 Å². The van der Waals surface area contributed by atoms with Crippen LogP contribution in [0, 0.1) is 6.92 Å². The van der Waals surface area contributed by atoms with Crippen molar-refractivity contribution < 1.29 is 17.9 Å². The summed E-state index contributed by atoms with van der Waals surface area (Å²) in [6.07, 6.45) is 1.28. The highest BCUT2D eigenvalue weighted by Crippen LogP contribution is 2.14. The largest absolute Gasteiger partial charge is 0.373 e. The van der Waals surface area contributed by atoms with Gasteiger partial charge in [-0.1, -0.05) is 29.8 Å². The molecule has 1 aromatic heterocycles. The van der Waals surface area contributed by atoms with Gasteiger partial charge in [-0.25, -0.2) is 8.42 Å². The minimum atomic E-state index is -3.53. The van der Waals surface area contributed by atoms with Crippen molar-refractivity contribution in [3.63, 3.8) is 0 Å². The van der Waals surface area contributed by atoms with Gasteiger partial charge in [0, 0.05) is 25.8 Å². The highest BCUT2D eigenvalue weighted by molar-refractivity contribution is 7.89. The van der Waals surface area contributed by atoms with Crippen LogP contribution in [0.3, 0.4) is 0 Å². The number of carbonyl (C=O) groups is 1. The van der Waals surface area contributed by atoms with Crippen LogP contribution in [0.5, 0.6) is 0 Å². The van der Waals surface area contributed by atoms with Gasteiger partial charge in [-0.3, -0.25) is 9.59 Å². The molecule has 1 N–H and O–H groups in total. The third kappa shape index (κ3) is 6.03. The molecule has 1 aliphatic rings. The van der Waals surface area contributed by atoms with E-state index in [1.54, 1.807) is 12.3 Å². The van der Waals surface area contributed by atoms with Crippen molar-refractivity contribution in [1.82, 2.24) is 14.2 Å². The highest BCUT2D eigenvalue weighted by atomic mass is 32.2. The number of aromatic nitrogens is 1. The number of nitrogens with one attached hydrogen (secondary N) is 1. The van der Waals surface area contributed by atoms with Crippen LogP contribution in [0.15, 0.2) is 47.4 Å². The van der Waals surface area contributed by atoms with Gasteiger partial charge in [0.25, 0.3) is 11.5 Å². The first-order valence-electron chi connectivity index (χ1n) is 10.3. The molecular formula is C22H29N3O5S. The predicted molar refractivity (Wildman–Crippen MR) is 119 cm³/mol. The zero-order valence-corrected chi connectivity index (χ0v) is 18.9. The van der Waals surface area contributed by atoms with E-state index in [0.717, 1.165) is 11.1 Å². The van der Waals surface area contributed by atoms with E-state index in [4.69, 9.17) is 4.74 Å². The number of pyridine rings is 1. The van der Waals surface area contributed by atoms with Crippen molar-refractivity contribution in [2.24, 2.45) is 0 Å². The standard InChI is InChI=1S/C22H29N3O5S/c1-16-6-4-7-19(12-16)15-24-10-5-8-20(22(24)27)21(26)23-9-11-31(28,29)25-13-17(2)30-18(3)14-25/h4-8,10,12,17-18H,9,11,13-15H2,1-3H3,(H,23,26). The minimum absolute atomic E-state index is 0.0128. The summed E-state index contributed by atoms with van der Waals surface area (Å²) in [4.78, 5) is 25.3. The van der Waals surface area contributed by atoms with Gasteiger partial charge in [-0.2, -0.15) is 4.31 Å². The maximum absolute atomic E-state index is 12.7. The molecule has 1 fully saturated rings. The lowest BCUT2D eigenvalue weighted by Crippen LogP contribution is -2.49. The molecule has 2 heterocycles. The van der Waals surface area contributed by atoms with Gasteiger partial charge >= 0.3 is 0 Å². The number of hydrogen-bond acceptors (Lipinski definition) is 5. The number of benzene rings is 1. The van der Waals surface area contributed by atoms with Crippen LogP contribution < -0.4 is 10.9 Å². The molecule has 2 unspecified atom stereocenters. The topological polar surface area (TPSA) is 97.7 Å². The molecule has 0 aliphatic carbocycles. The van der Waals surface area contributed by atoms with Crippen molar-refractivity contribution in [1.29, 1.82) is 0 Å². The molecule has 31 heavy (non-hydrogen) atoms. The Labute approximate surface area is 182 Å². The van der Waals surface area contributed by atoms with Crippen molar-refractivity contribution in [2.45, 2.75) is 39.5 Å². The van der Waals surface area contributed by atoms with E-state index in [2.05, 4.69) is 5.32 Å². The molecule has 0 bridgehead atoms. The Hall–Kier alpha value is -2.49. The van der Waals surface area contributed by atoms with Crippen molar-refractivity contribution >= 4 is 15.9 Å². The molecule has 168 valence electrons. The lowest BCUT2D eigenvalue weighted by Gasteiger charge is -2.34. The summed E-state index contributed by atoms with van der Waals surface area (Å²) in [5.41, 5.74) is 1.62. The normalized spacial score (nSPS) is 19.8. The zero-order chi connectivity index (χ0) is 22.6. The summed E-state index contributed by atoms with van der Waals surface area (Å²) in [5, 5.41) is 2.57. The first-order chi connectivity index (χ1) is 14.7. The fraction of sp³-hybridized carbons (Fsp3) is 0.455.